The Hall–Kier alpha value is -0.750. The fourth-order valence-electron chi connectivity index (χ4n) is 1.20. The van der Waals surface area contributed by atoms with E-state index >= 15 is 0 Å². The maximum absolute atomic E-state index is 11.9. The molecule has 0 aliphatic carbocycles. The number of hydrogen-bond acceptors (Lipinski definition) is 4. The zero-order valence-electron chi connectivity index (χ0n) is 10.7. The Kier molecular flexibility index (Phi) is 4.66. The summed E-state index contributed by atoms with van der Waals surface area (Å²) in [4.78, 5) is 0. The van der Waals surface area contributed by atoms with Gasteiger partial charge in [0.05, 0.1) is 15.0 Å². The van der Waals surface area contributed by atoms with E-state index in [1.165, 1.54) is 0 Å². The lowest BCUT2D eigenvalue weighted by molar-refractivity contribution is 0.338. The first-order valence-electron chi connectivity index (χ1n) is 5.53. The van der Waals surface area contributed by atoms with E-state index in [0.29, 0.717) is 11.4 Å². The second kappa shape index (κ2) is 5.48. The van der Waals surface area contributed by atoms with E-state index in [4.69, 9.17) is 10.5 Å². The first kappa shape index (κ1) is 15.3. The highest BCUT2D eigenvalue weighted by Crippen LogP contribution is 2.27. The molecule has 2 N–H and O–H groups in total. The second-order valence-corrected chi connectivity index (χ2v) is 8.69. The molecule has 6 heteroatoms. The molecule has 0 radical (unpaired) electrons. The summed E-state index contributed by atoms with van der Waals surface area (Å²) in [5, 5.41) is 0. The highest BCUT2D eigenvalue weighted by atomic mass is 79.9. The quantitative estimate of drug-likeness (QED) is 0.858. The van der Waals surface area contributed by atoms with Gasteiger partial charge in [-0.25, -0.2) is 8.42 Å². The van der Waals surface area contributed by atoms with Gasteiger partial charge in [0.25, 0.3) is 0 Å². The molecular weight excluding hydrogens is 318 g/mol. The van der Waals surface area contributed by atoms with Crippen LogP contribution in [0.25, 0.3) is 0 Å². The van der Waals surface area contributed by atoms with Crippen molar-refractivity contribution < 1.29 is 13.2 Å². The van der Waals surface area contributed by atoms with Crippen molar-refractivity contribution in [3.05, 3.63) is 22.7 Å². The average molecular weight is 336 g/mol. The minimum Gasteiger partial charge on any atom is -0.491 e. The summed E-state index contributed by atoms with van der Waals surface area (Å²) in [7, 11) is -3.16. The number of nitrogen functional groups attached to an aromatic ring is 1. The molecule has 0 unspecified atom stereocenters. The molecule has 0 atom stereocenters. The normalized spacial score (nSPS) is 12.4. The summed E-state index contributed by atoms with van der Waals surface area (Å²) in [5.74, 6) is 0.539. The van der Waals surface area contributed by atoms with Crippen LogP contribution in [0.2, 0.25) is 0 Å². The fraction of sp³-hybridized carbons (Fsp3) is 0.500. The van der Waals surface area contributed by atoms with Crippen LogP contribution in [-0.4, -0.2) is 25.5 Å². The molecule has 1 aromatic rings. The van der Waals surface area contributed by atoms with Crippen molar-refractivity contribution in [2.45, 2.75) is 25.5 Å². The van der Waals surface area contributed by atoms with E-state index in [1.54, 1.807) is 39.0 Å². The molecule has 0 saturated carbocycles. The molecule has 4 nitrogen and oxygen atoms in total. The van der Waals surface area contributed by atoms with E-state index in [-0.39, 0.29) is 12.4 Å². The molecule has 0 bridgehead atoms. The van der Waals surface area contributed by atoms with E-state index < -0.39 is 14.6 Å². The van der Waals surface area contributed by atoms with Gasteiger partial charge in [0, 0.05) is 11.8 Å². The van der Waals surface area contributed by atoms with Crippen molar-refractivity contribution in [3.8, 4) is 5.75 Å². The summed E-state index contributed by atoms with van der Waals surface area (Å²) in [6.07, 6.45) is 0. The first-order valence-corrected chi connectivity index (χ1v) is 7.98. The molecular formula is C12H18BrNO3S. The first-order chi connectivity index (χ1) is 8.13. The van der Waals surface area contributed by atoms with Gasteiger partial charge in [-0.3, -0.25) is 0 Å². The van der Waals surface area contributed by atoms with Crippen LogP contribution in [0.1, 0.15) is 20.8 Å². The summed E-state index contributed by atoms with van der Waals surface area (Å²) in [6.45, 7) is 5.15. The Labute approximate surface area is 117 Å². The predicted molar refractivity (Wildman–Crippen MR) is 77.6 cm³/mol. The molecule has 0 spiro atoms. The Morgan fingerprint density at radius 1 is 1.33 bits per heavy atom. The maximum Gasteiger partial charge on any atom is 0.158 e. The SMILES string of the molecule is CC(C)(C)S(=O)(=O)CCOc1cc(N)ccc1Br. The second-order valence-electron chi connectivity index (χ2n) is 4.97. The monoisotopic (exact) mass is 335 g/mol. The van der Waals surface area contributed by atoms with Crippen LogP contribution in [0.4, 0.5) is 5.69 Å². The molecule has 1 aromatic carbocycles. The summed E-state index contributed by atoms with van der Waals surface area (Å²) >= 11 is 3.32. The van der Waals surface area contributed by atoms with Crippen LogP contribution in [-0.2, 0) is 9.84 Å². The molecule has 0 aromatic heterocycles. The lowest BCUT2D eigenvalue weighted by atomic mass is 10.3. The summed E-state index contributed by atoms with van der Waals surface area (Å²) in [6, 6.07) is 5.17. The van der Waals surface area contributed by atoms with E-state index in [0.717, 1.165) is 4.47 Å². The highest BCUT2D eigenvalue weighted by Gasteiger charge is 2.28. The summed E-state index contributed by atoms with van der Waals surface area (Å²) < 4.78 is 29.2. The number of ether oxygens (including phenoxy) is 1. The number of hydrogen-bond donors (Lipinski definition) is 1. The van der Waals surface area contributed by atoms with Crippen molar-refractivity contribution >= 4 is 31.5 Å². The highest BCUT2D eigenvalue weighted by molar-refractivity contribution is 9.10. The standard InChI is InChI=1S/C12H18BrNO3S/c1-12(2,3)18(15,16)7-6-17-11-8-9(14)4-5-10(11)13/h4-5,8H,6-7,14H2,1-3H3. The van der Waals surface area contributed by atoms with Crippen molar-refractivity contribution in [2.24, 2.45) is 0 Å². The lowest BCUT2D eigenvalue weighted by Crippen LogP contribution is -2.32. The van der Waals surface area contributed by atoms with Crippen LogP contribution in [0.15, 0.2) is 22.7 Å². The minimum atomic E-state index is -3.16. The van der Waals surface area contributed by atoms with Gasteiger partial charge in [0.2, 0.25) is 0 Å². The van der Waals surface area contributed by atoms with E-state index in [1.807, 2.05) is 0 Å². The van der Waals surface area contributed by atoms with Gasteiger partial charge in [0.1, 0.15) is 12.4 Å². The molecule has 0 aliphatic rings. The Bertz CT molecular complexity index is 521. The third kappa shape index (κ3) is 3.88. The molecule has 18 heavy (non-hydrogen) atoms. The van der Waals surface area contributed by atoms with Crippen LogP contribution in [0.3, 0.4) is 0 Å². The Balaban J connectivity index is 2.65. The van der Waals surface area contributed by atoms with Crippen molar-refractivity contribution in [1.82, 2.24) is 0 Å². The maximum atomic E-state index is 11.9. The third-order valence-corrected chi connectivity index (χ3v) is 5.72. The molecule has 102 valence electrons. The molecule has 0 amide bonds. The zero-order chi connectivity index (χ0) is 14.0. The Morgan fingerprint density at radius 2 is 1.94 bits per heavy atom. The molecule has 0 fully saturated rings. The number of sulfone groups is 1. The van der Waals surface area contributed by atoms with Crippen LogP contribution in [0, 0.1) is 0 Å². The minimum absolute atomic E-state index is 0.0161. The number of anilines is 1. The molecule has 0 aliphatic heterocycles. The van der Waals surface area contributed by atoms with E-state index in [9.17, 15) is 8.42 Å². The molecule has 0 saturated heterocycles. The smallest absolute Gasteiger partial charge is 0.158 e. The van der Waals surface area contributed by atoms with Gasteiger partial charge in [-0.15, -0.1) is 0 Å². The number of nitrogens with two attached hydrogens (primary N) is 1. The van der Waals surface area contributed by atoms with Gasteiger partial charge >= 0.3 is 0 Å². The van der Waals surface area contributed by atoms with Crippen LogP contribution in [0.5, 0.6) is 5.75 Å². The largest absolute Gasteiger partial charge is 0.491 e. The molecule has 1 rings (SSSR count). The van der Waals surface area contributed by atoms with Crippen LogP contribution >= 0.6 is 15.9 Å². The average Bonchev–Trinajstić information content (AvgIpc) is 2.21. The number of rotatable bonds is 4. The van der Waals surface area contributed by atoms with Gasteiger partial charge in [0.15, 0.2) is 9.84 Å². The topological polar surface area (TPSA) is 69.4 Å². The van der Waals surface area contributed by atoms with Crippen molar-refractivity contribution in [3.63, 3.8) is 0 Å². The van der Waals surface area contributed by atoms with Gasteiger partial charge in [-0.1, -0.05) is 0 Å². The number of halogens is 1. The van der Waals surface area contributed by atoms with Gasteiger partial charge in [-0.05, 0) is 48.8 Å². The third-order valence-electron chi connectivity index (χ3n) is 2.50. The van der Waals surface area contributed by atoms with E-state index in [2.05, 4.69) is 15.9 Å². The van der Waals surface area contributed by atoms with Crippen molar-refractivity contribution in [1.29, 1.82) is 0 Å². The lowest BCUT2D eigenvalue weighted by Gasteiger charge is -2.19. The van der Waals surface area contributed by atoms with Gasteiger partial charge < -0.3 is 10.5 Å². The Morgan fingerprint density at radius 3 is 2.50 bits per heavy atom. The van der Waals surface area contributed by atoms with Crippen molar-refractivity contribution in [2.75, 3.05) is 18.1 Å². The predicted octanol–water partition coefficient (Wildman–Crippen LogP) is 2.62. The number of benzene rings is 1. The van der Waals surface area contributed by atoms with Crippen LogP contribution < -0.4 is 10.5 Å². The van der Waals surface area contributed by atoms with Gasteiger partial charge in [-0.2, -0.15) is 0 Å². The summed E-state index contributed by atoms with van der Waals surface area (Å²) in [5.41, 5.74) is 6.21. The zero-order valence-corrected chi connectivity index (χ0v) is 13.1. The fourth-order valence-corrected chi connectivity index (χ4v) is 2.47. The molecule has 0 heterocycles.